The van der Waals surface area contributed by atoms with Gasteiger partial charge in [-0.3, -0.25) is 14.9 Å². The first-order chi connectivity index (χ1) is 8.42. The molecule has 0 saturated heterocycles. The molecule has 1 aromatic carbocycles. The first kappa shape index (κ1) is 13.8. The van der Waals surface area contributed by atoms with Gasteiger partial charge < -0.3 is 16.4 Å². The summed E-state index contributed by atoms with van der Waals surface area (Å²) < 4.78 is 0. The summed E-state index contributed by atoms with van der Waals surface area (Å²) in [6.45, 7) is 1.78. The monoisotopic (exact) mass is 252 g/mol. The number of carbonyl (C=O) groups is 1. The Bertz CT molecular complexity index is 462. The number of amides is 1. The van der Waals surface area contributed by atoms with Gasteiger partial charge in [-0.2, -0.15) is 0 Å². The Morgan fingerprint density at radius 1 is 1.44 bits per heavy atom. The molecule has 18 heavy (non-hydrogen) atoms. The van der Waals surface area contributed by atoms with Gasteiger partial charge in [0, 0.05) is 43.0 Å². The fourth-order valence-electron chi connectivity index (χ4n) is 1.58. The van der Waals surface area contributed by atoms with Crippen LogP contribution in [0, 0.1) is 10.1 Å². The maximum absolute atomic E-state index is 10.8. The number of carbonyl (C=O) groups excluding carboxylic acids is 1. The molecule has 0 fully saturated rings. The van der Waals surface area contributed by atoms with Crippen LogP contribution < -0.4 is 16.4 Å². The van der Waals surface area contributed by atoms with E-state index >= 15 is 0 Å². The van der Waals surface area contributed by atoms with E-state index in [1.165, 1.54) is 12.1 Å². The zero-order chi connectivity index (χ0) is 13.7. The highest BCUT2D eigenvalue weighted by Gasteiger charge is 2.11. The van der Waals surface area contributed by atoms with Crippen molar-refractivity contribution in [3.63, 3.8) is 0 Å². The Morgan fingerprint density at radius 2 is 2.06 bits per heavy atom. The molecule has 0 radical (unpaired) electrons. The van der Waals surface area contributed by atoms with Crippen molar-refractivity contribution in [3.05, 3.63) is 28.3 Å². The number of rotatable bonds is 6. The molecule has 0 saturated carbocycles. The molecule has 0 aliphatic heterocycles. The lowest BCUT2D eigenvalue weighted by atomic mass is 10.2. The zero-order valence-corrected chi connectivity index (χ0v) is 10.3. The number of nitrogens with two attached hydrogens (primary N) is 1. The first-order valence-corrected chi connectivity index (χ1v) is 5.44. The number of nitrogens with zero attached hydrogens (tertiary/aromatic N) is 1. The average Bonchev–Trinajstić information content (AvgIpc) is 2.27. The van der Waals surface area contributed by atoms with Crippen LogP contribution in [0.15, 0.2) is 18.2 Å². The summed E-state index contributed by atoms with van der Waals surface area (Å²) in [6, 6.07) is 4.39. The number of nitrogens with one attached hydrogen (secondary N) is 2. The molecule has 0 aliphatic rings. The van der Waals surface area contributed by atoms with E-state index in [1.54, 1.807) is 20.0 Å². The van der Waals surface area contributed by atoms with Gasteiger partial charge in [0.05, 0.1) is 4.92 Å². The van der Waals surface area contributed by atoms with Gasteiger partial charge in [0.15, 0.2) is 0 Å². The summed E-state index contributed by atoms with van der Waals surface area (Å²) >= 11 is 0. The van der Waals surface area contributed by atoms with Crippen LogP contribution in [0.25, 0.3) is 0 Å². The SMILES string of the molecule is CNc1cc(NC(C)CC(N)=O)cc([N+](=O)[O-])c1. The molecule has 1 amide bonds. The highest BCUT2D eigenvalue weighted by Crippen LogP contribution is 2.24. The molecular weight excluding hydrogens is 236 g/mol. The van der Waals surface area contributed by atoms with Gasteiger partial charge in [-0.1, -0.05) is 0 Å². The minimum atomic E-state index is -0.467. The van der Waals surface area contributed by atoms with Crippen LogP contribution in [0.2, 0.25) is 0 Å². The van der Waals surface area contributed by atoms with Crippen molar-refractivity contribution in [2.75, 3.05) is 17.7 Å². The molecule has 0 heterocycles. The molecule has 0 bridgehead atoms. The minimum Gasteiger partial charge on any atom is -0.388 e. The maximum Gasteiger partial charge on any atom is 0.273 e. The minimum absolute atomic E-state index is 0.0179. The molecule has 7 nitrogen and oxygen atoms in total. The van der Waals surface area contributed by atoms with Crippen LogP contribution in [0.3, 0.4) is 0 Å². The number of non-ortho nitro benzene ring substituents is 1. The number of nitro groups is 1. The smallest absolute Gasteiger partial charge is 0.273 e. The van der Waals surface area contributed by atoms with E-state index in [4.69, 9.17) is 5.73 Å². The van der Waals surface area contributed by atoms with Gasteiger partial charge in [0.25, 0.3) is 5.69 Å². The van der Waals surface area contributed by atoms with E-state index in [1.807, 2.05) is 0 Å². The summed E-state index contributed by atoms with van der Waals surface area (Å²) in [5.74, 6) is -0.422. The van der Waals surface area contributed by atoms with Crippen LogP contribution in [-0.4, -0.2) is 23.9 Å². The number of hydrogen-bond acceptors (Lipinski definition) is 5. The number of benzene rings is 1. The maximum atomic E-state index is 10.8. The lowest BCUT2D eigenvalue weighted by Crippen LogP contribution is -2.24. The van der Waals surface area contributed by atoms with Gasteiger partial charge in [-0.05, 0) is 13.0 Å². The van der Waals surface area contributed by atoms with E-state index < -0.39 is 10.8 Å². The third kappa shape index (κ3) is 3.93. The quantitative estimate of drug-likeness (QED) is 0.522. The third-order valence-corrected chi connectivity index (χ3v) is 2.34. The zero-order valence-electron chi connectivity index (χ0n) is 10.3. The number of hydrogen-bond donors (Lipinski definition) is 3. The average molecular weight is 252 g/mol. The molecule has 1 unspecified atom stereocenters. The Kier molecular flexibility index (Phi) is 4.47. The van der Waals surface area contributed by atoms with Gasteiger partial charge in [-0.15, -0.1) is 0 Å². The second kappa shape index (κ2) is 5.85. The van der Waals surface area contributed by atoms with Crippen LogP contribution in [-0.2, 0) is 4.79 Å². The molecule has 1 atom stereocenters. The second-order valence-corrected chi connectivity index (χ2v) is 3.99. The molecule has 1 aromatic rings. The molecule has 0 aromatic heterocycles. The third-order valence-electron chi connectivity index (χ3n) is 2.34. The fraction of sp³-hybridized carbons (Fsp3) is 0.364. The van der Waals surface area contributed by atoms with Gasteiger partial charge in [0.1, 0.15) is 0 Å². The highest BCUT2D eigenvalue weighted by molar-refractivity contribution is 5.75. The van der Waals surface area contributed by atoms with Crippen LogP contribution in [0.1, 0.15) is 13.3 Å². The lowest BCUT2D eigenvalue weighted by Gasteiger charge is -2.14. The normalized spacial score (nSPS) is 11.7. The Morgan fingerprint density at radius 3 is 2.56 bits per heavy atom. The summed E-state index contributed by atoms with van der Waals surface area (Å²) in [7, 11) is 1.68. The van der Waals surface area contributed by atoms with Crippen molar-refractivity contribution in [2.24, 2.45) is 5.73 Å². The number of nitro benzene ring substituents is 1. The predicted molar refractivity (Wildman–Crippen MR) is 69.5 cm³/mol. The summed E-state index contributed by atoms with van der Waals surface area (Å²) in [5.41, 5.74) is 6.26. The van der Waals surface area contributed by atoms with Crippen molar-refractivity contribution in [3.8, 4) is 0 Å². The Labute approximate surface area is 105 Å². The fourth-order valence-corrected chi connectivity index (χ4v) is 1.58. The van der Waals surface area contributed by atoms with Gasteiger partial charge in [-0.25, -0.2) is 0 Å². The number of primary amides is 1. The predicted octanol–water partition coefficient (Wildman–Crippen LogP) is 1.31. The standard InChI is InChI=1S/C11H16N4O3/c1-7(3-11(12)16)14-9-4-8(13-2)5-10(6-9)15(17)18/h4-7,13-14H,3H2,1-2H3,(H2,12,16). The largest absolute Gasteiger partial charge is 0.388 e. The van der Waals surface area contributed by atoms with Crippen LogP contribution in [0.4, 0.5) is 17.1 Å². The van der Waals surface area contributed by atoms with Crippen molar-refractivity contribution >= 4 is 23.0 Å². The van der Waals surface area contributed by atoms with E-state index in [2.05, 4.69) is 10.6 Å². The second-order valence-electron chi connectivity index (χ2n) is 3.99. The summed E-state index contributed by atoms with van der Waals surface area (Å²) in [4.78, 5) is 21.1. The van der Waals surface area contributed by atoms with Crippen molar-refractivity contribution < 1.29 is 9.72 Å². The van der Waals surface area contributed by atoms with E-state index in [-0.39, 0.29) is 18.2 Å². The van der Waals surface area contributed by atoms with Gasteiger partial charge >= 0.3 is 0 Å². The lowest BCUT2D eigenvalue weighted by molar-refractivity contribution is -0.384. The number of anilines is 2. The van der Waals surface area contributed by atoms with E-state index in [0.29, 0.717) is 11.4 Å². The molecule has 0 spiro atoms. The molecule has 7 heteroatoms. The van der Waals surface area contributed by atoms with E-state index in [9.17, 15) is 14.9 Å². The van der Waals surface area contributed by atoms with Crippen LogP contribution >= 0.6 is 0 Å². The molecule has 0 aliphatic carbocycles. The van der Waals surface area contributed by atoms with Gasteiger partial charge in [0.2, 0.25) is 5.91 Å². The van der Waals surface area contributed by atoms with E-state index in [0.717, 1.165) is 0 Å². The Balaban J connectivity index is 2.90. The van der Waals surface area contributed by atoms with Crippen molar-refractivity contribution in [1.82, 2.24) is 0 Å². The molecule has 1 rings (SSSR count). The molecular formula is C11H16N4O3. The van der Waals surface area contributed by atoms with Crippen molar-refractivity contribution in [2.45, 2.75) is 19.4 Å². The van der Waals surface area contributed by atoms with Crippen LogP contribution in [0.5, 0.6) is 0 Å². The van der Waals surface area contributed by atoms with Crippen molar-refractivity contribution in [1.29, 1.82) is 0 Å². The molecule has 4 N–H and O–H groups in total. The summed E-state index contributed by atoms with van der Waals surface area (Å²) in [6.07, 6.45) is 0.164. The highest BCUT2D eigenvalue weighted by atomic mass is 16.6. The summed E-state index contributed by atoms with van der Waals surface area (Å²) in [5, 5.41) is 16.6. The Hall–Kier alpha value is -2.31. The molecule has 98 valence electrons. The topological polar surface area (TPSA) is 110 Å². The first-order valence-electron chi connectivity index (χ1n) is 5.44.